The lowest BCUT2D eigenvalue weighted by atomic mass is 10.0. The summed E-state index contributed by atoms with van der Waals surface area (Å²) >= 11 is 0. The molecule has 0 spiro atoms. The first kappa shape index (κ1) is 18.8. The van der Waals surface area contributed by atoms with Gasteiger partial charge in [0, 0.05) is 18.2 Å². The van der Waals surface area contributed by atoms with E-state index in [4.69, 9.17) is 15.4 Å². The number of hydrogen-bond donors (Lipinski definition) is 3. The third-order valence-electron chi connectivity index (χ3n) is 4.67. The number of anilines is 1. The highest BCUT2D eigenvalue weighted by molar-refractivity contribution is 6.04. The van der Waals surface area contributed by atoms with Crippen LogP contribution in [0, 0.1) is 12.3 Å². The van der Waals surface area contributed by atoms with Gasteiger partial charge < -0.3 is 15.8 Å². The van der Waals surface area contributed by atoms with Crippen molar-refractivity contribution in [3.63, 3.8) is 0 Å². The molecule has 27 heavy (non-hydrogen) atoms. The SMILES string of the molecule is CCCC(=N)c1nc(C2=CCCC=C2)nc(-c2ccc(O)c(C)c2)c1NC. The second-order valence-corrected chi connectivity index (χ2v) is 6.74. The molecule has 0 saturated carbocycles. The molecule has 0 amide bonds. The number of hydrogen-bond acceptors (Lipinski definition) is 5. The van der Waals surface area contributed by atoms with Gasteiger partial charge in [0.25, 0.3) is 0 Å². The summed E-state index contributed by atoms with van der Waals surface area (Å²) < 4.78 is 0. The molecule has 0 aliphatic heterocycles. The van der Waals surface area contributed by atoms with Crippen LogP contribution in [-0.2, 0) is 0 Å². The van der Waals surface area contributed by atoms with E-state index >= 15 is 0 Å². The molecule has 1 aromatic heterocycles. The quantitative estimate of drug-likeness (QED) is 0.624. The van der Waals surface area contributed by atoms with Crippen LogP contribution in [0.3, 0.4) is 0 Å². The van der Waals surface area contributed by atoms with E-state index in [-0.39, 0.29) is 5.75 Å². The fourth-order valence-electron chi connectivity index (χ4n) is 3.20. The zero-order chi connectivity index (χ0) is 19.4. The topological polar surface area (TPSA) is 81.9 Å². The maximum absolute atomic E-state index is 9.89. The van der Waals surface area contributed by atoms with E-state index in [1.165, 1.54) is 0 Å². The van der Waals surface area contributed by atoms with Crippen LogP contribution in [0.4, 0.5) is 5.69 Å². The number of allylic oxidation sites excluding steroid dienone is 4. The third kappa shape index (κ3) is 3.92. The minimum atomic E-state index is 0.260. The molecule has 0 fully saturated rings. The van der Waals surface area contributed by atoms with Crippen molar-refractivity contribution in [3.05, 3.63) is 53.5 Å². The molecule has 3 rings (SSSR count). The summed E-state index contributed by atoms with van der Waals surface area (Å²) in [6.07, 6.45) is 9.88. The summed E-state index contributed by atoms with van der Waals surface area (Å²) in [7, 11) is 1.83. The zero-order valence-electron chi connectivity index (χ0n) is 16.1. The highest BCUT2D eigenvalue weighted by Gasteiger charge is 2.20. The number of phenols is 1. The van der Waals surface area contributed by atoms with E-state index in [0.29, 0.717) is 23.7 Å². The van der Waals surface area contributed by atoms with Crippen LogP contribution in [0.5, 0.6) is 5.75 Å². The monoisotopic (exact) mass is 362 g/mol. The maximum Gasteiger partial charge on any atom is 0.160 e. The molecule has 0 atom stereocenters. The molecule has 1 heterocycles. The Hall–Kier alpha value is -2.95. The Labute approximate surface area is 160 Å². The number of aromatic hydroxyl groups is 1. The van der Waals surface area contributed by atoms with E-state index in [1.807, 2.05) is 26.1 Å². The normalized spacial score (nSPS) is 13.4. The first-order chi connectivity index (χ1) is 13.0. The lowest BCUT2D eigenvalue weighted by molar-refractivity contribution is 0.471. The fourth-order valence-corrected chi connectivity index (χ4v) is 3.20. The Morgan fingerprint density at radius 1 is 1.26 bits per heavy atom. The second-order valence-electron chi connectivity index (χ2n) is 6.74. The molecule has 0 radical (unpaired) electrons. The molecule has 1 aliphatic carbocycles. The molecule has 1 aromatic carbocycles. The summed E-state index contributed by atoms with van der Waals surface area (Å²) in [5.41, 5.74) is 5.32. The van der Waals surface area contributed by atoms with Gasteiger partial charge in [0.1, 0.15) is 11.4 Å². The van der Waals surface area contributed by atoms with E-state index in [1.54, 1.807) is 6.07 Å². The van der Waals surface area contributed by atoms with Gasteiger partial charge in [-0.1, -0.05) is 31.6 Å². The van der Waals surface area contributed by atoms with Gasteiger partial charge in [0.15, 0.2) is 5.82 Å². The standard InChI is InChI=1S/C22H26N4O/c1-4-8-17(23)20-21(24-3)19(16-11-12-18(27)14(2)13-16)25-22(26-20)15-9-6-5-7-10-15/h6,9-13,23-24,27H,4-5,7-8H2,1-3H3. The highest BCUT2D eigenvalue weighted by Crippen LogP contribution is 2.33. The number of nitrogens with one attached hydrogen (secondary N) is 2. The highest BCUT2D eigenvalue weighted by atomic mass is 16.3. The molecule has 0 unspecified atom stereocenters. The first-order valence-electron chi connectivity index (χ1n) is 9.39. The van der Waals surface area contributed by atoms with Crippen molar-refractivity contribution in [1.29, 1.82) is 5.41 Å². The van der Waals surface area contributed by atoms with Crippen molar-refractivity contribution in [3.8, 4) is 17.0 Å². The Balaban J connectivity index is 2.24. The molecule has 5 nitrogen and oxygen atoms in total. The summed E-state index contributed by atoms with van der Waals surface area (Å²) in [5, 5.41) is 21.6. The van der Waals surface area contributed by atoms with Crippen LogP contribution < -0.4 is 5.32 Å². The molecule has 1 aliphatic rings. The predicted octanol–water partition coefficient (Wildman–Crippen LogP) is 5.10. The summed E-state index contributed by atoms with van der Waals surface area (Å²) in [4.78, 5) is 9.58. The van der Waals surface area contributed by atoms with Crippen LogP contribution in [0.1, 0.15) is 49.7 Å². The van der Waals surface area contributed by atoms with Gasteiger partial charge in [-0.15, -0.1) is 0 Å². The Bertz CT molecular complexity index is 928. The number of rotatable bonds is 6. The lowest BCUT2D eigenvalue weighted by Gasteiger charge is -2.17. The minimum Gasteiger partial charge on any atom is -0.508 e. The first-order valence-corrected chi connectivity index (χ1v) is 9.39. The number of aromatic nitrogens is 2. The third-order valence-corrected chi connectivity index (χ3v) is 4.67. The van der Waals surface area contributed by atoms with Gasteiger partial charge in [-0.3, -0.25) is 0 Å². The summed E-state index contributed by atoms with van der Waals surface area (Å²) in [6, 6.07) is 5.46. The minimum absolute atomic E-state index is 0.260. The molecule has 3 N–H and O–H groups in total. The van der Waals surface area contributed by atoms with E-state index in [2.05, 4.69) is 30.5 Å². The van der Waals surface area contributed by atoms with Crippen LogP contribution in [0.15, 0.2) is 36.4 Å². The molecule has 0 bridgehead atoms. The van der Waals surface area contributed by atoms with Gasteiger partial charge in [-0.25, -0.2) is 9.97 Å². The average molecular weight is 362 g/mol. The second kappa shape index (κ2) is 8.16. The molecular formula is C22H26N4O. The van der Waals surface area contributed by atoms with Gasteiger partial charge in [0.05, 0.1) is 17.1 Å². The van der Waals surface area contributed by atoms with E-state index in [9.17, 15) is 5.11 Å². The molecule has 0 saturated heterocycles. The number of nitrogens with zero attached hydrogens (tertiary/aromatic N) is 2. The van der Waals surface area contributed by atoms with Crippen molar-refractivity contribution in [2.75, 3.05) is 12.4 Å². The van der Waals surface area contributed by atoms with Crippen LogP contribution in [0.25, 0.3) is 16.8 Å². The molecular weight excluding hydrogens is 336 g/mol. The Morgan fingerprint density at radius 3 is 2.70 bits per heavy atom. The van der Waals surface area contributed by atoms with Crippen LogP contribution in [0.2, 0.25) is 0 Å². The summed E-state index contributed by atoms with van der Waals surface area (Å²) in [5.74, 6) is 0.900. The van der Waals surface area contributed by atoms with Gasteiger partial charge in [-0.2, -0.15) is 0 Å². The molecule has 2 aromatic rings. The van der Waals surface area contributed by atoms with Gasteiger partial charge >= 0.3 is 0 Å². The van der Waals surface area contributed by atoms with Gasteiger partial charge in [-0.05, 0) is 49.9 Å². The lowest BCUT2D eigenvalue weighted by Crippen LogP contribution is -2.12. The number of phenolic OH excluding ortho intramolecular Hbond substituents is 1. The van der Waals surface area contributed by atoms with Crippen molar-refractivity contribution >= 4 is 17.0 Å². The number of benzene rings is 1. The predicted molar refractivity (Wildman–Crippen MR) is 112 cm³/mol. The fraction of sp³-hybridized carbons (Fsp3) is 0.318. The van der Waals surface area contributed by atoms with E-state index in [0.717, 1.165) is 47.3 Å². The Morgan fingerprint density at radius 2 is 2.07 bits per heavy atom. The van der Waals surface area contributed by atoms with E-state index < -0.39 is 0 Å². The average Bonchev–Trinajstić information content (AvgIpc) is 2.70. The van der Waals surface area contributed by atoms with Crippen molar-refractivity contribution in [1.82, 2.24) is 9.97 Å². The maximum atomic E-state index is 9.89. The van der Waals surface area contributed by atoms with Crippen molar-refractivity contribution < 1.29 is 5.11 Å². The molecule has 140 valence electrons. The smallest absolute Gasteiger partial charge is 0.160 e. The number of aryl methyl sites for hydroxylation is 1. The largest absolute Gasteiger partial charge is 0.508 e. The zero-order valence-corrected chi connectivity index (χ0v) is 16.1. The summed E-state index contributed by atoms with van der Waals surface area (Å²) in [6.45, 7) is 3.93. The van der Waals surface area contributed by atoms with Crippen molar-refractivity contribution in [2.45, 2.75) is 39.5 Å². The van der Waals surface area contributed by atoms with Crippen LogP contribution >= 0.6 is 0 Å². The Kier molecular flexibility index (Phi) is 5.69. The van der Waals surface area contributed by atoms with Gasteiger partial charge in [0.2, 0.25) is 0 Å². The molecule has 5 heteroatoms. The van der Waals surface area contributed by atoms with Crippen molar-refractivity contribution in [2.24, 2.45) is 0 Å². The van der Waals surface area contributed by atoms with Crippen LogP contribution in [-0.4, -0.2) is 27.8 Å².